The van der Waals surface area contributed by atoms with Gasteiger partial charge in [-0.05, 0) is 49.5 Å². The molecule has 0 aromatic rings. The number of rotatable bonds is 5. The van der Waals surface area contributed by atoms with E-state index in [9.17, 15) is 9.90 Å². The minimum Gasteiger partial charge on any atom is -0.480 e. The molecule has 3 unspecified atom stereocenters. The van der Waals surface area contributed by atoms with Gasteiger partial charge in [-0.15, -0.1) is 23.5 Å². The maximum Gasteiger partial charge on any atom is 0.330 e. The molecule has 124 valence electrons. The van der Waals surface area contributed by atoms with E-state index >= 15 is 0 Å². The third-order valence-corrected chi connectivity index (χ3v) is 8.03. The molecule has 6 heteroatoms. The second-order valence-electron chi connectivity index (χ2n) is 6.10. The Morgan fingerprint density at radius 2 is 2.14 bits per heavy atom. The molecule has 0 aromatic heterocycles. The molecule has 0 amide bonds. The van der Waals surface area contributed by atoms with Crippen molar-refractivity contribution in [1.29, 1.82) is 0 Å². The van der Waals surface area contributed by atoms with E-state index in [-0.39, 0.29) is 18.1 Å². The van der Waals surface area contributed by atoms with Gasteiger partial charge in [0.25, 0.3) is 0 Å². The summed E-state index contributed by atoms with van der Waals surface area (Å²) in [4.78, 5) is 12.0. The van der Waals surface area contributed by atoms with E-state index in [1.54, 1.807) is 23.5 Å². The lowest BCUT2D eigenvalue weighted by Gasteiger charge is -2.39. The largest absolute Gasteiger partial charge is 0.480 e. The van der Waals surface area contributed by atoms with Gasteiger partial charge in [-0.3, -0.25) is 0 Å². The highest BCUT2D eigenvalue weighted by Crippen LogP contribution is 2.52. The molecule has 0 bridgehead atoms. The van der Waals surface area contributed by atoms with Crippen molar-refractivity contribution in [2.24, 2.45) is 11.8 Å². The maximum atomic E-state index is 12.0. The molecule has 3 rings (SSSR count). The zero-order valence-electron chi connectivity index (χ0n) is 12.7. The van der Waals surface area contributed by atoms with Crippen LogP contribution in [0.25, 0.3) is 0 Å². The lowest BCUT2D eigenvalue weighted by molar-refractivity contribution is -0.170. The van der Waals surface area contributed by atoms with Crippen LogP contribution in [0.4, 0.5) is 0 Å². The Hall–Kier alpha value is -0.170. The maximum absolute atomic E-state index is 12.0. The number of carbonyl (C=O) groups is 1. The lowest BCUT2D eigenvalue weighted by Crippen LogP contribution is -2.44. The van der Waals surface area contributed by atoms with Gasteiger partial charge in [0, 0.05) is 12.5 Å². The second kappa shape index (κ2) is 7.60. The molecule has 1 aliphatic carbocycles. The van der Waals surface area contributed by atoms with Crippen molar-refractivity contribution in [2.45, 2.75) is 42.5 Å². The number of allylic oxidation sites excluding steroid dienone is 2. The first-order valence-electron chi connectivity index (χ1n) is 8.13. The summed E-state index contributed by atoms with van der Waals surface area (Å²) in [6.07, 6.45) is 9.37. The van der Waals surface area contributed by atoms with Crippen LogP contribution in [0.3, 0.4) is 0 Å². The number of ether oxygens (including phenoxy) is 2. The molecule has 0 spiro atoms. The van der Waals surface area contributed by atoms with E-state index in [2.05, 4.69) is 12.2 Å². The van der Waals surface area contributed by atoms with Crippen LogP contribution in [-0.4, -0.2) is 46.2 Å². The van der Waals surface area contributed by atoms with E-state index in [1.165, 1.54) is 0 Å². The van der Waals surface area contributed by atoms with Crippen LogP contribution < -0.4 is 0 Å². The molecule has 22 heavy (non-hydrogen) atoms. The summed E-state index contributed by atoms with van der Waals surface area (Å²) in [7, 11) is 0. The highest BCUT2D eigenvalue weighted by molar-refractivity contribution is 8.19. The zero-order chi connectivity index (χ0) is 15.4. The van der Waals surface area contributed by atoms with Gasteiger partial charge in [-0.2, -0.15) is 0 Å². The molecular weight excluding hydrogens is 320 g/mol. The van der Waals surface area contributed by atoms with Gasteiger partial charge >= 0.3 is 5.97 Å². The molecule has 2 aliphatic heterocycles. The van der Waals surface area contributed by atoms with Crippen LogP contribution >= 0.6 is 23.5 Å². The van der Waals surface area contributed by atoms with Gasteiger partial charge in [-0.1, -0.05) is 12.2 Å². The van der Waals surface area contributed by atoms with Crippen LogP contribution in [0.2, 0.25) is 0 Å². The minimum absolute atomic E-state index is 0.0453. The zero-order valence-corrected chi connectivity index (χ0v) is 14.4. The lowest BCUT2D eigenvalue weighted by atomic mass is 9.92. The normalized spacial score (nSPS) is 34.6. The first-order chi connectivity index (χ1) is 10.7. The van der Waals surface area contributed by atoms with Crippen molar-refractivity contribution >= 4 is 29.5 Å². The molecule has 0 saturated carbocycles. The van der Waals surface area contributed by atoms with Crippen molar-refractivity contribution in [2.75, 3.05) is 24.7 Å². The fraction of sp³-hybridized carbons (Fsp3) is 0.812. The molecule has 2 saturated heterocycles. The highest BCUT2D eigenvalue weighted by atomic mass is 32.2. The Morgan fingerprint density at radius 1 is 1.32 bits per heavy atom. The van der Waals surface area contributed by atoms with Crippen LogP contribution in [-0.2, 0) is 14.3 Å². The molecule has 1 N–H and O–H groups in total. The number of carboxylic acids is 1. The number of carboxylic acid groups (broad SMARTS) is 1. The van der Waals surface area contributed by atoms with Crippen molar-refractivity contribution in [3.05, 3.63) is 12.2 Å². The Labute approximate surface area is 140 Å². The number of thioether (sulfide) groups is 2. The SMILES string of the molecule is O=C(O)C1(C2C=CCC2COC2CCCCO2)SCCCS1. The molecule has 3 atom stereocenters. The summed E-state index contributed by atoms with van der Waals surface area (Å²) >= 11 is 3.21. The molecule has 3 aliphatic rings. The Kier molecular flexibility index (Phi) is 5.76. The molecular formula is C16H24O4S2. The summed E-state index contributed by atoms with van der Waals surface area (Å²) < 4.78 is 10.8. The monoisotopic (exact) mass is 344 g/mol. The average Bonchev–Trinajstić information content (AvgIpc) is 3.03. The van der Waals surface area contributed by atoms with Crippen LogP contribution in [0, 0.1) is 11.8 Å². The average molecular weight is 344 g/mol. The molecule has 2 heterocycles. The van der Waals surface area contributed by atoms with Crippen LogP contribution in [0.1, 0.15) is 32.1 Å². The standard InChI is InChI=1S/C16H24O4S2/c17-15(18)16(21-9-4-10-22-16)13-6-3-5-12(13)11-20-14-7-1-2-8-19-14/h3,6,12-14H,1-2,4-5,7-11H2,(H,17,18). The van der Waals surface area contributed by atoms with Gasteiger partial charge in [0.05, 0.1) is 6.61 Å². The molecule has 2 fully saturated rings. The predicted molar refractivity (Wildman–Crippen MR) is 90.2 cm³/mol. The molecule has 0 radical (unpaired) electrons. The van der Waals surface area contributed by atoms with Gasteiger partial charge in [0.1, 0.15) is 0 Å². The van der Waals surface area contributed by atoms with Gasteiger partial charge in [0.2, 0.25) is 0 Å². The van der Waals surface area contributed by atoms with Gasteiger partial charge < -0.3 is 14.6 Å². The highest BCUT2D eigenvalue weighted by Gasteiger charge is 2.51. The summed E-state index contributed by atoms with van der Waals surface area (Å²) in [5.74, 6) is 1.48. The van der Waals surface area contributed by atoms with Crippen molar-refractivity contribution in [3.8, 4) is 0 Å². The number of aliphatic carboxylic acids is 1. The Bertz CT molecular complexity index is 414. The van der Waals surface area contributed by atoms with Crippen LogP contribution in [0.5, 0.6) is 0 Å². The van der Waals surface area contributed by atoms with Crippen molar-refractivity contribution in [1.82, 2.24) is 0 Å². The number of hydrogen-bond donors (Lipinski definition) is 1. The van der Waals surface area contributed by atoms with E-state index < -0.39 is 10.0 Å². The molecule has 4 nitrogen and oxygen atoms in total. The third-order valence-electron chi connectivity index (χ3n) is 4.58. The van der Waals surface area contributed by atoms with E-state index in [1.807, 2.05) is 0 Å². The second-order valence-corrected chi connectivity index (χ2v) is 9.04. The summed E-state index contributed by atoms with van der Waals surface area (Å²) in [5, 5.41) is 9.84. The predicted octanol–water partition coefficient (Wildman–Crippen LogP) is 3.37. The fourth-order valence-electron chi connectivity index (χ4n) is 3.39. The summed E-state index contributed by atoms with van der Waals surface area (Å²) in [5.41, 5.74) is 0. The van der Waals surface area contributed by atoms with E-state index in [4.69, 9.17) is 9.47 Å². The fourth-order valence-corrected chi connectivity index (χ4v) is 6.77. The van der Waals surface area contributed by atoms with E-state index in [0.717, 1.165) is 50.2 Å². The van der Waals surface area contributed by atoms with Gasteiger partial charge in [-0.25, -0.2) is 4.79 Å². The summed E-state index contributed by atoms with van der Waals surface area (Å²) in [6, 6.07) is 0. The van der Waals surface area contributed by atoms with Crippen LogP contribution in [0.15, 0.2) is 12.2 Å². The molecule has 0 aromatic carbocycles. The van der Waals surface area contributed by atoms with E-state index in [0.29, 0.717) is 6.61 Å². The first-order valence-corrected chi connectivity index (χ1v) is 10.1. The first kappa shape index (κ1) is 16.7. The Morgan fingerprint density at radius 3 is 2.82 bits per heavy atom. The smallest absolute Gasteiger partial charge is 0.330 e. The third kappa shape index (κ3) is 3.50. The topological polar surface area (TPSA) is 55.8 Å². The van der Waals surface area contributed by atoms with Crippen molar-refractivity contribution in [3.63, 3.8) is 0 Å². The van der Waals surface area contributed by atoms with Gasteiger partial charge in [0.15, 0.2) is 10.4 Å². The quantitative estimate of drug-likeness (QED) is 0.772. The minimum atomic E-state index is -0.729. The Balaban J connectivity index is 1.63. The summed E-state index contributed by atoms with van der Waals surface area (Å²) in [6.45, 7) is 1.38. The number of hydrogen-bond acceptors (Lipinski definition) is 5. The van der Waals surface area contributed by atoms with Crippen molar-refractivity contribution < 1.29 is 19.4 Å².